The summed E-state index contributed by atoms with van der Waals surface area (Å²) in [5, 5.41) is 12.2. The number of hydrogen-bond donors (Lipinski definition) is 1. The molecule has 0 atom stereocenters. The van der Waals surface area contributed by atoms with Gasteiger partial charge in [-0.25, -0.2) is 4.79 Å². The van der Waals surface area contributed by atoms with Crippen molar-refractivity contribution < 1.29 is 14.3 Å². The van der Waals surface area contributed by atoms with Gasteiger partial charge in [0.2, 0.25) is 5.13 Å². The van der Waals surface area contributed by atoms with Crippen LogP contribution in [-0.4, -0.2) is 51.7 Å². The highest BCUT2D eigenvalue weighted by Gasteiger charge is 2.26. The van der Waals surface area contributed by atoms with E-state index in [0.29, 0.717) is 17.2 Å². The topological polar surface area (TPSA) is 97.3 Å². The number of rotatable bonds is 6. The number of esters is 1. The van der Waals surface area contributed by atoms with Crippen molar-refractivity contribution in [1.29, 1.82) is 0 Å². The molecule has 156 valence electrons. The van der Waals surface area contributed by atoms with Crippen LogP contribution in [-0.2, 0) is 22.5 Å². The van der Waals surface area contributed by atoms with E-state index >= 15 is 0 Å². The van der Waals surface area contributed by atoms with Crippen molar-refractivity contribution in [2.75, 3.05) is 25.0 Å². The predicted octanol–water partition coefficient (Wildman–Crippen LogP) is 2.96. The minimum atomic E-state index is -0.508. The maximum atomic E-state index is 13.1. The number of nitrogens with zero attached hydrogens (tertiary/aromatic N) is 4. The van der Waals surface area contributed by atoms with Crippen LogP contribution in [0.3, 0.4) is 0 Å². The summed E-state index contributed by atoms with van der Waals surface area (Å²) in [6.45, 7) is 6.09. The van der Waals surface area contributed by atoms with E-state index in [1.807, 2.05) is 24.3 Å². The molecule has 1 aromatic carbocycles. The van der Waals surface area contributed by atoms with Gasteiger partial charge in [-0.2, -0.15) is 0 Å². The fraction of sp³-hybridized carbons (Fsp3) is 0.381. The lowest BCUT2D eigenvalue weighted by molar-refractivity contribution is -0.119. The molecule has 0 radical (unpaired) electrons. The minimum Gasteiger partial charge on any atom is -0.452 e. The fourth-order valence-corrected chi connectivity index (χ4v) is 4.30. The molecule has 30 heavy (non-hydrogen) atoms. The second-order valence-corrected chi connectivity index (χ2v) is 8.39. The lowest BCUT2D eigenvalue weighted by Crippen LogP contribution is -2.33. The van der Waals surface area contributed by atoms with Crippen LogP contribution in [0.5, 0.6) is 0 Å². The molecule has 3 heterocycles. The predicted molar refractivity (Wildman–Crippen MR) is 115 cm³/mol. The van der Waals surface area contributed by atoms with Gasteiger partial charge in [0, 0.05) is 36.2 Å². The van der Waals surface area contributed by atoms with Gasteiger partial charge in [-0.3, -0.25) is 20.0 Å². The number of carbonyl (C=O) groups excluding carboxylic acids is 2. The second-order valence-electron chi connectivity index (χ2n) is 7.21. The van der Waals surface area contributed by atoms with Crippen molar-refractivity contribution in [2.24, 2.45) is 0 Å². The van der Waals surface area contributed by atoms with Crippen molar-refractivity contribution in [3.8, 4) is 0 Å². The SMILES string of the molecule is CCCN1CCc2nc3ccccc3c(C(=O)OCC(=O)Nc3nnc(C)s3)c2C1. The van der Waals surface area contributed by atoms with E-state index in [4.69, 9.17) is 9.72 Å². The molecule has 0 saturated heterocycles. The largest absolute Gasteiger partial charge is 0.452 e. The van der Waals surface area contributed by atoms with Crippen molar-refractivity contribution in [3.63, 3.8) is 0 Å². The lowest BCUT2D eigenvalue weighted by Gasteiger charge is -2.29. The quantitative estimate of drug-likeness (QED) is 0.607. The summed E-state index contributed by atoms with van der Waals surface area (Å²) in [6.07, 6.45) is 1.83. The van der Waals surface area contributed by atoms with Gasteiger partial charge >= 0.3 is 5.97 Å². The van der Waals surface area contributed by atoms with E-state index in [0.717, 1.165) is 53.1 Å². The van der Waals surface area contributed by atoms with Crippen LogP contribution >= 0.6 is 11.3 Å². The molecule has 4 rings (SSSR count). The summed E-state index contributed by atoms with van der Waals surface area (Å²) >= 11 is 1.26. The van der Waals surface area contributed by atoms with Crippen LogP contribution in [0.25, 0.3) is 10.9 Å². The fourth-order valence-electron chi connectivity index (χ4n) is 3.69. The number of aromatic nitrogens is 3. The van der Waals surface area contributed by atoms with E-state index in [2.05, 4.69) is 27.3 Å². The van der Waals surface area contributed by atoms with E-state index in [9.17, 15) is 9.59 Å². The number of pyridine rings is 1. The third kappa shape index (κ3) is 4.31. The average molecular weight is 426 g/mol. The molecular formula is C21H23N5O3S. The normalized spacial score (nSPS) is 13.8. The zero-order chi connectivity index (χ0) is 21.1. The summed E-state index contributed by atoms with van der Waals surface area (Å²) in [6, 6.07) is 7.56. The van der Waals surface area contributed by atoms with Gasteiger partial charge in [0.25, 0.3) is 5.91 Å². The first-order valence-electron chi connectivity index (χ1n) is 9.95. The van der Waals surface area contributed by atoms with Crippen molar-refractivity contribution in [2.45, 2.75) is 33.2 Å². The first-order chi connectivity index (χ1) is 14.5. The van der Waals surface area contributed by atoms with Crippen LogP contribution < -0.4 is 5.32 Å². The van der Waals surface area contributed by atoms with Gasteiger partial charge in [-0.05, 0) is 26.0 Å². The smallest absolute Gasteiger partial charge is 0.339 e. The monoisotopic (exact) mass is 425 g/mol. The number of amides is 1. The van der Waals surface area contributed by atoms with Gasteiger partial charge in [0.15, 0.2) is 6.61 Å². The highest BCUT2D eigenvalue weighted by molar-refractivity contribution is 7.15. The lowest BCUT2D eigenvalue weighted by atomic mass is 9.95. The zero-order valence-corrected chi connectivity index (χ0v) is 17.8. The molecule has 3 aromatic rings. The van der Waals surface area contributed by atoms with Crippen molar-refractivity contribution >= 4 is 39.2 Å². The molecule has 1 aliphatic heterocycles. The number of nitrogens with one attached hydrogen (secondary N) is 1. The molecule has 0 fully saturated rings. The Balaban J connectivity index is 1.58. The Bertz CT molecular complexity index is 1100. The van der Waals surface area contributed by atoms with E-state index in [-0.39, 0.29) is 6.61 Å². The maximum Gasteiger partial charge on any atom is 0.339 e. The molecule has 1 aliphatic rings. The van der Waals surface area contributed by atoms with Gasteiger partial charge in [-0.1, -0.05) is 36.5 Å². The summed E-state index contributed by atoms with van der Waals surface area (Å²) < 4.78 is 5.40. The van der Waals surface area contributed by atoms with Crippen LogP contribution in [0.4, 0.5) is 5.13 Å². The Labute approximate surface area is 178 Å². The highest BCUT2D eigenvalue weighted by atomic mass is 32.1. The van der Waals surface area contributed by atoms with Crippen molar-refractivity contribution in [3.05, 3.63) is 46.1 Å². The Morgan fingerprint density at radius 3 is 2.87 bits per heavy atom. The zero-order valence-electron chi connectivity index (χ0n) is 17.0. The first-order valence-corrected chi connectivity index (χ1v) is 10.8. The Hall–Kier alpha value is -2.91. The molecule has 0 spiro atoms. The van der Waals surface area contributed by atoms with E-state index in [1.165, 1.54) is 11.3 Å². The molecule has 8 nitrogen and oxygen atoms in total. The summed E-state index contributed by atoms with van der Waals surface area (Å²) in [4.78, 5) is 32.4. The molecule has 0 aliphatic carbocycles. The van der Waals surface area contributed by atoms with Gasteiger partial charge in [0.1, 0.15) is 5.01 Å². The average Bonchev–Trinajstić information content (AvgIpc) is 3.15. The molecule has 0 saturated carbocycles. The molecule has 1 N–H and O–H groups in total. The van der Waals surface area contributed by atoms with Crippen LogP contribution in [0.2, 0.25) is 0 Å². The third-order valence-corrected chi connectivity index (χ3v) is 5.73. The van der Waals surface area contributed by atoms with Gasteiger partial charge in [-0.15, -0.1) is 10.2 Å². The number of benzene rings is 1. The molecule has 0 unspecified atom stereocenters. The van der Waals surface area contributed by atoms with E-state index < -0.39 is 11.9 Å². The second kappa shape index (κ2) is 8.85. The summed E-state index contributed by atoms with van der Waals surface area (Å²) in [7, 11) is 0. The highest BCUT2D eigenvalue weighted by Crippen LogP contribution is 2.29. The number of hydrogen-bond acceptors (Lipinski definition) is 8. The van der Waals surface area contributed by atoms with Gasteiger partial charge in [0.05, 0.1) is 11.1 Å². The third-order valence-electron chi connectivity index (χ3n) is 4.98. The molecule has 1 amide bonds. The summed E-state index contributed by atoms with van der Waals surface area (Å²) in [5.41, 5.74) is 3.11. The standard InChI is InChI=1S/C21H23N5O3S/c1-3-9-26-10-8-17-15(11-26)19(14-6-4-5-7-16(14)22-17)20(28)29-12-18(27)23-21-25-24-13(2)30-21/h4-7H,3,8-12H2,1-2H3,(H,23,25,27). The Kier molecular flexibility index (Phi) is 6.01. The number of fused-ring (bicyclic) bond motifs is 2. The van der Waals surface area contributed by atoms with Crippen LogP contribution in [0.1, 0.15) is 40.0 Å². The maximum absolute atomic E-state index is 13.1. The first kappa shape index (κ1) is 20.4. The van der Waals surface area contributed by atoms with E-state index in [1.54, 1.807) is 6.92 Å². The number of anilines is 1. The van der Waals surface area contributed by atoms with Gasteiger partial charge < -0.3 is 4.74 Å². The molecule has 2 aromatic heterocycles. The number of carbonyl (C=O) groups is 2. The van der Waals surface area contributed by atoms with Crippen molar-refractivity contribution in [1.82, 2.24) is 20.1 Å². The van der Waals surface area contributed by atoms with Crippen LogP contribution in [0.15, 0.2) is 24.3 Å². The number of ether oxygens (including phenoxy) is 1. The molecule has 0 bridgehead atoms. The Morgan fingerprint density at radius 1 is 1.27 bits per heavy atom. The molecular weight excluding hydrogens is 402 g/mol. The molecule has 9 heteroatoms. The minimum absolute atomic E-state index is 0.385. The number of para-hydroxylation sites is 1. The number of aryl methyl sites for hydroxylation is 1. The summed E-state index contributed by atoms with van der Waals surface area (Å²) in [5.74, 6) is -0.953. The Morgan fingerprint density at radius 2 is 2.10 bits per heavy atom. The van der Waals surface area contributed by atoms with Crippen LogP contribution in [0, 0.1) is 6.92 Å².